The highest BCUT2D eigenvalue weighted by molar-refractivity contribution is 7.25. The lowest BCUT2D eigenvalue weighted by Crippen LogP contribution is -2.55. The molecule has 0 aromatic heterocycles. The van der Waals surface area contributed by atoms with Crippen LogP contribution in [-0.4, -0.2) is 58.8 Å². The molecule has 0 saturated carbocycles. The number of ether oxygens (including phenoxy) is 1. The fourth-order valence-electron chi connectivity index (χ4n) is 3.10. The van der Waals surface area contributed by atoms with Crippen molar-refractivity contribution < 1.29 is 24.3 Å². The minimum Gasteiger partial charge on any atom is -0.478 e. The predicted octanol–water partition coefficient (Wildman–Crippen LogP) is 2.53. The van der Waals surface area contributed by atoms with Crippen molar-refractivity contribution in [3.63, 3.8) is 0 Å². The number of rotatable bonds is 8. The number of nitrogens with zero attached hydrogens (tertiary/aromatic N) is 1. The molecule has 4 atom stereocenters. The van der Waals surface area contributed by atoms with Gasteiger partial charge in [0.15, 0.2) is 0 Å². The number of aromatic carboxylic acids is 1. The van der Waals surface area contributed by atoms with E-state index in [1.54, 1.807) is 12.1 Å². The molecule has 2 N–H and O–H groups in total. The molecule has 0 radical (unpaired) electrons. The number of carbonyl (C=O) groups is 1. The minimum atomic E-state index is -1.28. The van der Waals surface area contributed by atoms with Crippen molar-refractivity contribution in [2.45, 2.75) is 50.1 Å². The number of morpholine rings is 1. The third-order valence-corrected chi connectivity index (χ3v) is 5.79. The Labute approximate surface area is 150 Å². The van der Waals surface area contributed by atoms with Gasteiger partial charge in [0.2, 0.25) is 0 Å². The van der Waals surface area contributed by atoms with Gasteiger partial charge in [0, 0.05) is 19.0 Å². The van der Waals surface area contributed by atoms with Crippen LogP contribution in [0.15, 0.2) is 24.3 Å². The SMILES string of the molecule is CCCCC(O)([PH+]=O)[C@@H]1CN(C)[C@H](Cc2ccc(C(=O)O)cc2)CO1. The summed E-state index contributed by atoms with van der Waals surface area (Å²) in [6.07, 6.45) is 2.51. The lowest BCUT2D eigenvalue weighted by atomic mass is 9.99. The van der Waals surface area contributed by atoms with E-state index in [1.165, 1.54) is 0 Å². The van der Waals surface area contributed by atoms with E-state index in [9.17, 15) is 14.5 Å². The Hall–Kier alpha value is -1.33. The Morgan fingerprint density at radius 1 is 1.40 bits per heavy atom. The van der Waals surface area contributed by atoms with Gasteiger partial charge in [-0.05, 0) is 37.6 Å². The largest absolute Gasteiger partial charge is 0.478 e. The average molecular weight is 368 g/mol. The number of carboxylic acids is 1. The monoisotopic (exact) mass is 368 g/mol. The van der Waals surface area contributed by atoms with Gasteiger partial charge in [-0.15, -0.1) is 0 Å². The van der Waals surface area contributed by atoms with Crippen LogP contribution >= 0.6 is 8.46 Å². The number of unbranched alkanes of at least 4 members (excludes halogenated alkanes) is 1. The van der Waals surface area contributed by atoms with E-state index in [1.807, 2.05) is 26.1 Å². The molecule has 1 aliphatic heterocycles. The van der Waals surface area contributed by atoms with Crippen molar-refractivity contribution in [2.75, 3.05) is 20.2 Å². The highest BCUT2D eigenvalue weighted by atomic mass is 31.1. The summed E-state index contributed by atoms with van der Waals surface area (Å²) in [5.74, 6) is -0.933. The Morgan fingerprint density at radius 2 is 2.08 bits per heavy atom. The van der Waals surface area contributed by atoms with Gasteiger partial charge in [-0.3, -0.25) is 4.90 Å². The molecule has 6 nitrogen and oxygen atoms in total. The second-order valence-electron chi connectivity index (χ2n) is 6.75. The molecular formula is C18H27NO5P+. The summed E-state index contributed by atoms with van der Waals surface area (Å²) >= 11 is 0. The fourth-order valence-corrected chi connectivity index (χ4v) is 3.69. The van der Waals surface area contributed by atoms with Crippen LogP contribution in [0.2, 0.25) is 0 Å². The van der Waals surface area contributed by atoms with Gasteiger partial charge in [-0.1, -0.05) is 30.0 Å². The molecule has 0 spiro atoms. The minimum absolute atomic E-state index is 0.136. The third-order valence-electron chi connectivity index (χ3n) is 4.86. The van der Waals surface area contributed by atoms with Crippen molar-refractivity contribution >= 4 is 14.4 Å². The first-order chi connectivity index (χ1) is 11.9. The number of hydrogen-bond acceptors (Lipinski definition) is 5. The average Bonchev–Trinajstić information content (AvgIpc) is 2.61. The summed E-state index contributed by atoms with van der Waals surface area (Å²) in [5, 5.41) is 18.3. The van der Waals surface area contributed by atoms with Gasteiger partial charge in [-0.2, -0.15) is 0 Å². The predicted molar refractivity (Wildman–Crippen MR) is 96.7 cm³/mol. The van der Waals surface area contributed by atoms with Gasteiger partial charge in [0.25, 0.3) is 5.34 Å². The quantitative estimate of drug-likeness (QED) is 0.686. The van der Waals surface area contributed by atoms with Gasteiger partial charge >= 0.3 is 14.4 Å². The zero-order valence-corrected chi connectivity index (χ0v) is 15.8. The summed E-state index contributed by atoms with van der Waals surface area (Å²) in [7, 11) is 1.16. The molecule has 1 aromatic rings. The molecule has 1 aliphatic rings. The van der Waals surface area contributed by atoms with Crippen molar-refractivity contribution in [2.24, 2.45) is 0 Å². The van der Waals surface area contributed by atoms with Crippen molar-refractivity contribution in [1.29, 1.82) is 0 Å². The maximum absolute atomic E-state index is 11.6. The fraction of sp³-hybridized carbons (Fsp3) is 0.611. The standard InChI is InChI=1S/C18H26NO5P/c1-3-4-9-18(22,25-23)16-11-19(2)15(12-24-16)10-13-5-7-14(8-6-13)17(20)21/h5-8,15-16,22H,3-4,9-12H2,1-2H3,(H,20,21)/p+1/t15-,16+,18?/m1/s1. The van der Waals surface area contributed by atoms with E-state index in [0.29, 0.717) is 19.6 Å². The second kappa shape index (κ2) is 8.86. The Kier molecular flexibility index (Phi) is 7.08. The van der Waals surface area contributed by atoms with Gasteiger partial charge < -0.3 is 14.9 Å². The number of benzene rings is 1. The van der Waals surface area contributed by atoms with Crippen molar-refractivity contribution in [1.82, 2.24) is 4.90 Å². The van der Waals surface area contributed by atoms with E-state index in [0.717, 1.165) is 24.8 Å². The van der Waals surface area contributed by atoms with E-state index >= 15 is 0 Å². The van der Waals surface area contributed by atoms with Crippen LogP contribution in [-0.2, 0) is 15.7 Å². The molecule has 138 valence electrons. The lowest BCUT2D eigenvalue weighted by Gasteiger charge is -2.39. The van der Waals surface area contributed by atoms with E-state index < -0.39 is 25.9 Å². The summed E-state index contributed by atoms with van der Waals surface area (Å²) in [5.41, 5.74) is 1.31. The highest BCUT2D eigenvalue weighted by Gasteiger charge is 2.48. The topological polar surface area (TPSA) is 87.1 Å². The summed E-state index contributed by atoms with van der Waals surface area (Å²) < 4.78 is 17.4. The van der Waals surface area contributed by atoms with Gasteiger partial charge in [0.05, 0.1) is 12.2 Å². The first-order valence-electron chi connectivity index (χ1n) is 8.65. The Balaban J connectivity index is 1.96. The van der Waals surface area contributed by atoms with Crippen molar-refractivity contribution in [3.8, 4) is 0 Å². The van der Waals surface area contributed by atoms with Crippen LogP contribution in [0.5, 0.6) is 0 Å². The molecule has 7 heteroatoms. The molecule has 25 heavy (non-hydrogen) atoms. The van der Waals surface area contributed by atoms with Gasteiger partial charge in [-0.25, -0.2) is 4.79 Å². The molecule has 1 fully saturated rings. The summed E-state index contributed by atoms with van der Waals surface area (Å²) in [6, 6.07) is 6.98. The Bertz CT molecular complexity index is 594. The first kappa shape index (κ1) is 20.0. The maximum atomic E-state index is 11.6. The van der Waals surface area contributed by atoms with E-state index in [-0.39, 0.29) is 11.6 Å². The number of hydrogen-bond donors (Lipinski definition) is 2. The highest BCUT2D eigenvalue weighted by Crippen LogP contribution is 2.34. The second-order valence-corrected chi connectivity index (χ2v) is 7.82. The van der Waals surface area contributed by atoms with Crippen LogP contribution in [0.25, 0.3) is 0 Å². The molecule has 1 aromatic carbocycles. The van der Waals surface area contributed by atoms with Crippen LogP contribution in [0.4, 0.5) is 0 Å². The van der Waals surface area contributed by atoms with Crippen LogP contribution in [0.3, 0.4) is 0 Å². The molecule has 1 saturated heterocycles. The Morgan fingerprint density at radius 3 is 2.60 bits per heavy atom. The molecule has 0 amide bonds. The molecule has 2 unspecified atom stereocenters. The van der Waals surface area contributed by atoms with Crippen LogP contribution in [0, 0.1) is 0 Å². The maximum Gasteiger partial charge on any atom is 0.362 e. The number of carboxylic acid groups (broad SMARTS) is 1. The molecule has 0 aliphatic carbocycles. The molecule has 0 bridgehead atoms. The lowest BCUT2D eigenvalue weighted by molar-refractivity contribution is -0.122. The molecule has 1 heterocycles. The summed E-state index contributed by atoms with van der Waals surface area (Å²) in [6.45, 7) is 3.00. The van der Waals surface area contributed by atoms with Crippen molar-refractivity contribution in [3.05, 3.63) is 35.4 Å². The normalized spacial score (nSPS) is 24.1. The van der Waals surface area contributed by atoms with Gasteiger partial charge in [0.1, 0.15) is 6.10 Å². The smallest absolute Gasteiger partial charge is 0.362 e. The van der Waals surface area contributed by atoms with E-state index in [2.05, 4.69) is 4.90 Å². The molecular weight excluding hydrogens is 341 g/mol. The van der Waals surface area contributed by atoms with Crippen LogP contribution < -0.4 is 0 Å². The summed E-state index contributed by atoms with van der Waals surface area (Å²) in [4.78, 5) is 13.0. The first-order valence-corrected chi connectivity index (χ1v) is 9.56. The van der Waals surface area contributed by atoms with E-state index in [4.69, 9.17) is 9.84 Å². The third kappa shape index (κ3) is 5.08. The zero-order valence-electron chi connectivity index (χ0n) is 14.8. The number of likely N-dealkylation sites (N-methyl/N-ethyl adjacent to an activating group) is 1. The number of aliphatic hydroxyl groups is 1. The zero-order chi connectivity index (χ0) is 18.4. The molecule has 2 rings (SSSR count). The van der Waals surface area contributed by atoms with Crippen LogP contribution in [0.1, 0.15) is 42.1 Å².